The second-order valence-corrected chi connectivity index (χ2v) is 5.27. The number of esters is 1. The molecule has 8 heteroatoms. The molecule has 2 aromatic rings. The summed E-state index contributed by atoms with van der Waals surface area (Å²) in [6, 6.07) is 10.8. The van der Waals surface area contributed by atoms with E-state index in [9.17, 15) is 14.0 Å². The Morgan fingerprint density at radius 2 is 1.70 bits per heavy atom. The van der Waals surface area contributed by atoms with Crippen LogP contribution in [0, 0.1) is 5.82 Å². The van der Waals surface area contributed by atoms with Crippen molar-refractivity contribution in [3.63, 3.8) is 0 Å². The quantitative estimate of drug-likeness (QED) is 0.533. The fourth-order valence-electron chi connectivity index (χ4n) is 2.15. The van der Waals surface area contributed by atoms with E-state index in [4.69, 9.17) is 18.9 Å². The molecule has 0 spiro atoms. The number of para-hydroxylation sites is 2. The van der Waals surface area contributed by atoms with Gasteiger partial charge in [-0.25, -0.2) is 9.18 Å². The zero-order valence-corrected chi connectivity index (χ0v) is 15.0. The molecule has 0 aliphatic carbocycles. The highest BCUT2D eigenvalue weighted by molar-refractivity contribution is 5.91. The van der Waals surface area contributed by atoms with Crippen LogP contribution in [0.1, 0.15) is 10.4 Å². The molecular formula is C19H20FNO6. The van der Waals surface area contributed by atoms with E-state index in [-0.39, 0.29) is 24.5 Å². The second kappa shape index (κ2) is 10.0. The molecule has 1 amide bonds. The molecule has 0 unspecified atom stereocenters. The minimum atomic E-state index is -0.808. The molecule has 144 valence electrons. The Balaban J connectivity index is 1.71. The van der Waals surface area contributed by atoms with Crippen molar-refractivity contribution < 1.29 is 32.9 Å². The van der Waals surface area contributed by atoms with Gasteiger partial charge in [0.1, 0.15) is 6.61 Å². The Morgan fingerprint density at radius 3 is 2.37 bits per heavy atom. The van der Waals surface area contributed by atoms with Crippen LogP contribution < -0.4 is 19.5 Å². The monoisotopic (exact) mass is 377 g/mol. The van der Waals surface area contributed by atoms with E-state index >= 15 is 0 Å². The van der Waals surface area contributed by atoms with E-state index in [1.54, 1.807) is 18.2 Å². The van der Waals surface area contributed by atoms with Crippen molar-refractivity contribution in [1.29, 1.82) is 0 Å². The maximum absolute atomic E-state index is 13.6. The molecule has 0 heterocycles. The Bertz CT molecular complexity index is 796. The van der Waals surface area contributed by atoms with Crippen molar-refractivity contribution in [3.05, 3.63) is 53.8 Å². The van der Waals surface area contributed by atoms with Crippen LogP contribution in [0.5, 0.6) is 17.2 Å². The van der Waals surface area contributed by atoms with Gasteiger partial charge in [0.2, 0.25) is 0 Å². The van der Waals surface area contributed by atoms with Gasteiger partial charge in [-0.3, -0.25) is 4.79 Å². The van der Waals surface area contributed by atoms with Crippen molar-refractivity contribution >= 4 is 11.9 Å². The predicted octanol–water partition coefficient (Wildman–Crippen LogP) is 2.19. The van der Waals surface area contributed by atoms with Crippen LogP contribution in [0.25, 0.3) is 0 Å². The van der Waals surface area contributed by atoms with Crippen molar-refractivity contribution in [2.24, 2.45) is 0 Å². The highest BCUT2D eigenvalue weighted by Gasteiger charge is 2.13. The van der Waals surface area contributed by atoms with Gasteiger partial charge in [0.05, 0.1) is 26.3 Å². The fraction of sp³-hybridized carbons (Fsp3) is 0.263. The van der Waals surface area contributed by atoms with E-state index in [0.29, 0.717) is 11.5 Å². The first kappa shape index (κ1) is 20.0. The number of methoxy groups -OCH3 is 2. The number of carbonyl (C=O) groups excluding carboxylic acids is 2. The molecule has 0 bridgehead atoms. The van der Waals surface area contributed by atoms with Crippen molar-refractivity contribution in [2.45, 2.75) is 0 Å². The Morgan fingerprint density at radius 1 is 1.00 bits per heavy atom. The van der Waals surface area contributed by atoms with Crippen LogP contribution in [0.15, 0.2) is 42.5 Å². The molecule has 27 heavy (non-hydrogen) atoms. The SMILES string of the molecule is COc1ccc(C(=O)OCC(=O)NCCOc2ccccc2OC)cc1F. The van der Waals surface area contributed by atoms with Crippen LogP contribution in [-0.4, -0.2) is 45.9 Å². The third kappa shape index (κ3) is 5.88. The molecule has 0 radical (unpaired) electrons. The number of rotatable bonds is 9. The summed E-state index contributed by atoms with van der Waals surface area (Å²) in [5.41, 5.74) is -0.0133. The minimum absolute atomic E-state index is 0.0133. The van der Waals surface area contributed by atoms with Crippen LogP contribution in [-0.2, 0) is 9.53 Å². The predicted molar refractivity (Wildman–Crippen MR) is 94.7 cm³/mol. The molecule has 0 atom stereocenters. The van der Waals surface area contributed by atoms with Crippen LogP contribution >= 0.6 is 0 Å². The van der Waals surface area contributed by atoms with Crippen molar-refractivity contribution in [1.82, 2.24) is 5.32 Å². The summed E-state index contributed by atoms with van der Waals surface area (Å²) < 4.78 is 33.8. The average Bonchev–Trinajstić information content (AvgIpc) is 2.69. The molecule has 7 nitrogen and oxygen atoms in total. The van der Waals surface area contributed by atoms with Crippen molar-refractivity contribution in [2.75, 3.05) is 34.0 Å². The topological polar surface area (TPSA) is 83.1 Å². The third-order valence-corrected chi connectivity index (χ3v) is 3.47. The van der Waals surface area contributed by atoms with Gasteiger partial charge in [-0.2, -0.15) is 0 Å². The largest absolute Gasteiger partial charge is 0.494 e. The number of carbonyl (C=O) groups is 2. The number of benzene rings is 2. The van der Waals surface area contributed by atoms with E-state index in [1.165, 1.54) is 26.4 Å². The lowest BCUT2D eigenvalue weighted by Gasteiger charge is -2.11. The molecule has 2 rings (SSSR count). The summed E-state index contributed by atoms with van der Waals surface area (Å²) in [6.07, 6.45) is 0. The third-order valence-electron chi connectivity index (χ3n) is 3.47. The van der Waals surface area contributed by atoms with E-state index in [0.717, 1.165) is 6.07 Å². The molecule has 0 saturated heterocycles. The second-order valence-electron chi connectivity index (χ2n) is 5.27. The van der Waals surface area contributed by atoms with Gasteiger partial charge < -0.3 is 24.3 Å². The first-order chi connectivity index (χ1) is 13.0. The molecule has 2 aromatic carbocycles. The lowest BCUT2D eigenvalue weighted by Crippen LogP contribution is -2.32. The lowest BCUT2D eigenvalue weighted by atomic mass is 10.2. The zero-order chi connectivity index (χ0) is 19.6. The molecule has 1 N–H and O–H groups in total. The standard InChI is InChI=1S/C19H20FNO6/c1-24-15-8-7-13(11-14(15)20)19(23)27-12-18(22)21-9-10-26-17-6-4-3-5-16(17)25-2/h3-8,11H,9-10,12H2,1-2H3,(H,21,22). The normalized spacial score (nSPS) is 10.0. The zero-order valence-electron chi connectivity index (χ0n) is 15.0. The summed E-state index contributed by atoms with van der Waals surface area (Å²) in [4.78, 5) is 23.6. The summed E-state index contributed by atoms with van der Waals surface area (Å²) in [5, 5.41) is 2.55. The molecular weight excluding hydrogens is 357 g/mol. The van der Waals surface area contributed by atoms with Gasteiger partial charge in [0.25, 0.3) is 5.91 Å². The number of amides is 1. The molecule has 0 aliphatic rings. The summed E-state index contributed by atoms with van der Waals surface area (Å²) in [7, 11) is 2.85. The first-order valence-corrected chi connectivity index (χ1v) is 8.08. The molecule has 0 fully saturated rings. The average molecular weight is 377 g/mol. The number of nitrogens with one attached hydrogen (secondary N) is 1. The Kier molecular flexibility index (Phi) is 7.42. The smallest absolute Gasteiger partial charge is 0.338 e. The Labute approximate surface area is 156 Å². The van der Waals surface area contributed by atoms with Crippen LogP contribution in [0.4, 0.5) is 4.39 Å². The summed E-state index contributed by atoms with van der Waals surface area (Å²) in [6.45, 7) is -0.0590. The summed E-state index contributed by atoms with van der Waals surface area (Å²) >= 11 is 0. The maximum Gasteiger partial charge on any atom is 0.338 e. The number of ether oxygens (including phenoxy) is 4. The van der Waals surface area contributed by atoms with Gasteiger partial charge in [-0.1, -0.05) is 12.1 Å². The lowest BCUT2D eigenvalue weighted by molar-refractivity contribution is -0.124. The van der Waals surface area contributed by atoms with Crippen LogP contribution in [0.3, 0.4) is 0 Å². The highest BCUT2D eigenvalue weighted by atomic mass is 19.1. The first-order valence-electron chi connectivity index (χ1n) is 8.08. The number of hydrogen-bond acceptors (Lipinski definition) is 6. The highest BCUT2D eigenvalue weighted by Crippen LogP contribution is 2.25. The number of halogens is 1. The van der Waals surface area contributed by atoms with Crippen molar-refractivity contribution in [3.8, 4) is 17.2 Å². The van der Waals surface area contributed by atoms with Gasteiger partial charge >= 0.3 is 5.97 Å². The van der Waals surface area contributed by atoms with E-state index in [2.05, 4.69) is 5.32 Å². The Hall–Kier alpha value is -3.29. The number of hydrogen-bond donors (Lipinski definition) is 1. The van der Waals surface area contributed by atoms with E-state index < -0.39 is 24.3 Å². The van der Waals surface area contributed by atoms with Crippen LogP contribution in [0.2, 0.25) is 0 Å². The fourth-order valence-corrected chi connectivity index (χ4v) is 2.15. The molecule has 0 saturated carbocycles. The van der Waals surface area contributed by atoms with Gasteiger partial charge in [0, 0.05) is 0 Å². The molecule has 0 aromatic heterocycles. The summed E-state index contributed by atoms with van der Waals surface area (Å²) in [5.74, 6) is -0.839. The van der Waals surface area contributed by atoms with E-state index in [1.807, 2.05) is 6.07 Å². The minimum Gasteiger partial charge on any atom is -0.494 e. The molecule has 0 aliphatic heterocycles. The van der Waals surface area contributed by atoms with Gasteiger partial charge in [0.15, 0.2) is 29.7 Å². The van der Waals surface area contributed by atoms with Gasteiger partial charge in [-0.05, 0) is 30.3 Å². The van der Waals surface area contributed by atoms with Gasteiger partial charge in [-0.15, -0.1) is 0 Å². The maximum atomic E-state index is 13.6.